The van der Waals surface area contributed by atoms with Crippen LogP contribution < -0.4 is 11.1 Å². The van der Waals surface area contributed by atoms with Gasteiger partial charge < -0.3 is 11.1 Å². The van der Waals surface area contributed by atoms with E-state index in [2.05, 4.69) is 10.3 Å². The molecule has 0 atom stereocenters. The largest absolute Gasteiger partial charge is 0.387 e. The average molecular weight is 153 g/mol. The number of nitrogen functional groups attached to an aromatic ring is 1. The minimum absolute atomic E-state index is 0.550. The summed E-state index contributed by atoms with van der Waals surface area (Å²) in [5.41, 5.74) is 6.32. The highest BCUT2D eigenvalue weighted by molar-refractivity contribution is 5.44. The third kappa shape index (κ3) is 3.45. The summed E-state index contributed by atoms with van der Waals surface area (Å²) < 4.78 is 0. The van der Waals surface area contributed by atoms with Gasteiger partial charge in [0.2, 0.25) is 0 Å². The number of nitrogens with one attached hydrogen (secondary N) is 1. The van der Waals surface area contributed by atoms with E-state index in [1.165, 1.54) is 0 Å². The zero-order valence-corrected chi connectivity index (χ0v) is 7.26. The van der Waals surface area contributed by atoms with Gasteiger partial charge in [0.25, 0.3) is 0 Å². The summed E-state index contributed by atoms with van der Waals surface area (Å²) >= 11 is 0. The monoisotopic (exact) mass is 153 g/mol. The smallest absolute Gasteiger partial charge is 0.123 e. The molecule has 0 aliphatic heterocycles. The van der Waals surface area contributed by atoms with Gasteiger partial charge in [-0.1, -0.05) is 13.8 Å². The van der Waals surface area contributed by atoms with E-state index >= 15 is 0 Å². The van der Waals surface area contributed by atoms with E-state index < -0.39 is 0 Å². The minimum Gasteiger partial charge on any atom is -0.387 e. The molecule has 0 amide bonds. The molecule has 3 nitrogen and oxygen atoms in total. The Morgan fingerprint density at radius 3 is 2.36 bits per heavy atom. The van der Waals surface area contributed by atoms with E-state index in [9.17, 15) is 0 Å². The number of nitrogens with zero attached hydrogens (tertiary/aromatic N) is 1. The summed E-state index contributed by atoms with van der Waals surface area (Å²) in [6, 6.07) is 3.63. The fraction of sp³-hybridized carbons (Fsp3) is 0.375. The second-order valence-corrected chi connectivity index (χ2v) is 1.72. The number of hydrogen-bond acceptors (Lipinski definition) is 3. The molecule has 11 heavy (non-hydrogen) atoms. The first-order valence-corrected chi connectivity index (χ1v) is 3.72. The Morgan fingerprint density at radius 2 is 2.00 bits per heavy atom. The molecule has 0 saturated heterocycles. The zero-order chi connectivity index (χ0) is 8.69. The molecule has 1 rings (SSSR count). The van der Waals surface area contributed by atoms with Crippen LogP contribution in [0, 0.1) is 0 Å². The summed E-state index contributed by atoms with van der Waals surface area (Å²) in [5.74, 6) is 0.550. The van der Waals surface area contributed by atoms with Crippen LogP contribution in [0.2, 0.25) is 0 Å². The fourth-order valence-electron chi connectivity index (χ4n) is 0.553. The van der Waals surface area contributed by atoms with Gasteiger partial charge in [-0.15, -0.1) is 0 Å². The highest BCUT2D eigenvalue weighted by Crippen LogP contribution is 2.04. The molecule has 0 saturated carbocycles. The Labute approximate surface area is 67.6 Å². The molecular weight excluding hydrogens is 138 g/mol. The lowest BCUT2D eigenvalue weighted by Gasteiger charge is -1.96. The van der Waals surface area contributed by atoms with Gasteiger partial charge in [-0.05, 0) is 12.1 Å². The lowest BCUT2D eigenvalue weighted by Crippen LogP contribution is -1.91. The molecule has 1 aromatic rings. The maximum atomic E-state index is 5.34. The molecule has 0 aliphatic rings. The van der Waals surface area contributed by atoms with Crippen molar-refractivity contribution in [1.82, 2.24) is 4.98 Å². The maximum absolute atomic E-state index is 5.34. The molecule has 0 fully saturated rings. The molecule has 0 aliphatic carbocycles. The van der Waals surface area contributed by atoms with Crippen molar-refractivity contribution in [2.75, 3.05) is 18.1 Å². The first kappa shape index (κ1) is 9.75. The second-order valence-electron chi connectivity index (χ2n) is 1.72. The van der Waals surface area contributed by atoms with E-state index in [4.69, 9.17) is 5.73 Å². The van der Waals surface area contributed by atoms with Gasteiger partial charge in [-0.25, -0.2) is 4.98 Å². The summed E-state index contributed by atoms with van der Waals surface area (Å²) in [7, 11) is 1.84. The van der Waals surface area contributed by atoms with Crippen LogP contribution in [-0.4, -0.2) is 12.0 Å². The predicted octanol–water partition coefficient (Wildman–Crippen LogP) is 1.73. The highest BCUT2D eigenvalue weighted by atomic mass is 14.9. The Bertz CT molecular complexity index is 181. The van der Waals surface area contributed by atoms with Crippen molar-refractivity contribution in [1.29, 1.82) is 0 Å². The third-order valence-electron chi connectivity index (χ3n) is 1.08. The standard InChI is InChI=1S/C6H9N3.C2H6/c1-8-5-2-3-6(7)9-4-5;1-2/h2-4,8H,1H3,(H2,7,9);1-2H3. The Morgan fingerprint density at radius 1 is 1.36 bits per heavy atom. The van der Waals surface area contributed by atoms with Crippen LogP contribution in [0.5, 0.6) is 0 Å². The minimum atomic E-state index is 0.550. The molecule has 62 valence electrons. The summed E-state index contributed by atoms with van der Waals surface area (Å²) in [5, 5.41) is 2.94. The van der Waals surface area contributed by atoms with Crippen molar-refractivity contribution in [3.8, 4) is 0 Å². The average Bonchev–Trinajstić information content (AvgIpc) is 2.10. The van der Waals surface area contributed by atoms with Gasteiger partial charge in [0.15, 0.2) is 0 Å². The van der Waals surface area contributed by atoms with Gasteiger partial charge in [0.1, 0.15) is 5.82 Å². The van der Waals surface area contributed by atoms with E-state index in [-0.39, 0.29) is 0 Å². The van der Waals surface area contributed by atoms with Crippen molar-refractivity contribution in [3.05, 3.63) is 18.3 Å². The van der Waals surface area contributed by atoms with Gasteiger partial charge >= 0.3 is 0 Å². The van der Waals surface area contributed by atoms with Crippen LogP contribution in [0.25, 0.3) is 0 Å². The summed E-state index contributed by atoms with van der Waals surface area (Å²) in [6.07, 6.45) is 1.69. The number of aromatic nitrogens is 1. The number of anilines is 2. The molecule has 1 aromatic heterocycles. The first-order chi connectivity index (χ1) is 5.33. The number of nitrogens with two attached hydrogens (primary N) is 1. The first-order valence-electron chi connectivity index (χ1n) is 3.72. The summed E-state index contributed by atoms with van der Waals surface area (Å²) in [6.45, 7) is 4.00. The van der Waals surface area contributed by atoms with Crippen LogP contribution >= 0.6 is 0 Å². The molecule has 0 aromatic carbocycles. The molecule has 0 radical (unpaired) electrons. The fourth-order valence-corrected chi connectivity index (χ4v) is 0.553. The number of hydrogen-bond donors (Lipinski definition) is 2. The van der Waals surface area contributed by atoms with Crippen molar-refractivity contribution < 1.29 is 0 Å². The maximum Gasteiger partial charge on any atom is 0.123 e. The highest BCUT2D eigenvalue weighted by Gasteiger charge is 1.85. The topological polar surface area (TPSA) is 50.9 Å². The quantitative estimate of drug-likeness (QED) is 0.646. The van der Waals surface area contributed by atoms with E-state index in [1.807, 2.05) is 27.0 Å². The van der Waals surface area contributed by atoms with Crippen molar-refractivity contribution in [3.63, 3.8) is 0 Å². The summed E-state index contributed by atoms with van der Waals surface area (Å²) in [4.78, 5) is 3.87. The van der Waals surface area contributed by atoms with Crippen LogP contribution in [0.1, 0.15) is 13.8 Å². The normalized spacial score (nSPS) is 7.91. The van der Waals surface area contributed by atoms with Crippen LogP contribution in [0.15, 0.2) is 18.3 Å². The molecular formula is C8H15N3. The van der Waals surface area contributed by atoms with Gasteiger partial charge in [0, 0.05) is 7.05 Å². The van der Waals surface area contributed by atoms with Crippen LogP contribution in [0.3, 0.4) is 0 Å². The third-order valence-corrected chi connectivity index (χ3v) is 1.08. The molecule has 0 spiro atoms. The molecule has 0 bridgehead atoms. The SMILES string of the molecule is CC.CNc1ccc(N)nc1. The Kier molecular flexibility index (Phi) is 4.90. The Balaban J connectivity index is 0.000000461. The lowest BCUT2D eigenvalue weighted by atomic mass is 10.4. The number of rotatable bonds is 1. The van der Waals surface area contributed by atoms with Crippen LogP contribution in [0.4, 0.5) is 11.5 Å². The van der Waals surface area contributed by atoms with Crippen molar-refractivity contribution >= 4 is 11.5 Å². The lowest BCUT2D eigenvalue weighted by molar-refractivity contribution is 1.32. The van der Waals surface area contributed by atoms with Gasteiger partial charge in [-0.2, -0.15) is 0 Å². The van der Waals surface area contributed by atoms with Crippen molar-refractivity contribution in [2.24, 2.45) is 0 Å². The Hall–Kier alpha value is -1.25. The zero-order valence-electron chi connectivity index (χ0n) is 7.26. The second kappa shape index (κ2) is 5.53. The van der Waals surface area contributed by atoms with E-state index in [0.717, 1.165) is 5.69 Å². The number of pyridine rings is 1. The van der Waals surface area contributed by atoms with Crippen LogP contribution in [-0.2, 0) is 0 Å². The van der Waals surface area contributed by atoms with E-state index in [1.54, 1.807) is 12.3 Å². The van der Waals surface area contributed by atoms with Crippen molar-refractivity contribution in [2.45, 2.75) is 13.8 Å². The molecule has 0 unspecified atom stereocenters. The van der Waals surface area contributed by atoms with Gasteiger partial charge in [0.05, 0.1) is 11.9 Å². The van der Waals surface area contributed by atoms with Gasteiger partial charge in [-0.3, -0.25) is 0 Å². The predicted molar refractivity (Wildman–Crippen MR) is 49.5 cm³/mol. The molecule has 3 N–H and O–H groups in total. The molecule has 3 heteroatoms. The van der Waals surface area contributed by atoms with E-state index in [0.29, 0.717) is 5.82 Å². The molecule has 1 heterocycles.